The third kappa shape index (κ3) is 3.42. The zero-order valence-electron chi connectivity index (χ0n) is 11.6. The van der Waals surface area contributed by atoms with Crippen LogP contribution in [0.2, 0.25) is 0 Å². The summed E-state index contributed by atoms with van der Waals surface area (Å²) in [4.78, 5) is 22.5. The van der Waals surface area contributed by atoms with Crippen LogP contribution in [0, 0.1) is 10.1 Å². The van der Waals surface area contributed by atoms with Crippen LogP contribution in [-0.4, -0.2) is 26.9 Å². The van der Waals surface area contributed by atoms with Crippen molar-refractivity contribution in [3.05, 3.63) is 33.9 Å². The Morgan fingerprint density at radius 3 is 2.86 bits per heavy atom. The quantitative estimate of drug-likeness (QED) is 0.490. The van der Waals surface area contributed by atoms with Crippen molar-refractivity contribution in [2.75, 3.05) is 5.32 Å². The highest BCUT2D eigenvalue weighted by molar-refractivity contribution is 8.01. The molecule has 3 rings (SSSR count). The van der Waals surface area contributed by atoms with Crippen molar-refractivity contribution in [1.29, 1.82) is 0 Å². The number of nitrogens with one attached hydrogen (secondary N) is 1. The van der Waals surface area contributed by atoms with Gasteiger partial charge in [0.15, 0.2) is 10.1 Å². The molecule has 0 amide bonds. The lowest BCUT2D eigenvalue weighted by atomic mass is 10.1. The van der Waals surface area contributed by atoms with E-state index >= 15 is 0 Å². The van der Waals surface area contributed by atoms with Gasteiger partial charge in [-0.15, -0.1) is 10.2 Å². The van der Waals surface area contributed by atoms with E-state index in [2.05, 4.69) is 15.5 Å². The lowest BCUT2D eigenvalue weighted by Gasteiger charge is -2.02. The first-order valence-corrected chi connectivity index (χ1v) is 8.23. The van der Waals surface area contributed by atoms with Crippen LogP contribution in [0.4, 0.5) is 10.8 Å². The largest absolute Gasteiger partial charge is 0.357 e. The van der Waals surface area contributed by atoms with E-state index in [0.717, 1.165) is 18.0 Å². The van der Waals surface area contributed by atoms with Crippen molar-refractivity contribution < 1.29 is 9.72 Å². The highest BCUT2D eigenvalue weighted by Gasteiger charge is 2.23. The van der Waals surface area contributed by atoms with Gasteiger partial charge in [0.05, 0.1) is 9.82 Å². The van der Waals surface area contributed by atoms with Crippen molar-refractivity contribution in [2.45, 2.75) is 35.0 Å². The van der Waals surface area contributed by atoms with Crippen LogP contribution < -0.4 is 5.32 Å². The lowest BCUT2D eigenvalue weighted by Crippen LogP contribution is -1.99. The second kappa shape index (κ2) is 6.01. The Bertz CT molecular complexity index is 743. The highest BCUT2D eigenvalue weighted by atomic mass is 32.2. The summed E-state index contributed by atoms with van der Waals surface area (Å²) in [6, 6.07) is 4.95. The third-order valence-corrected chi connectivity index (χ3v) is 5.04. The monoisotopic (exact) mass is 336 g/mol. The molecule has 1 fully saturated rings. The topological polar surface area (TPSA) is 98.0 Å². The molecule has 0 aliphatic heterocycles. The first-order valence-electron chi connectivity index (χ1n) is 6.60. The Labute approximate surface area is 134 Å². The van der Waals surface area contributed by atoms with Gasteiger partial charge in [-0.25, -0.2) is 0 Å². The molecule has 1 N–H and O–H groups in total. The molecule has 0 spiro atoms. The number of nitro groups is 1. The lowest BCUT2D eigenvalue weighted by molar-refractivity contribution is -0.387. The van der Waals surface area contributed by atoms with Crippen LogP contribution in [0.5, 0.6) is 0 Å². The zero-order valence-corrected chi connectivity index (χ0v) is 13.2. The van der Waals surface area contributed by atoms with Gasteiger partial charge < -0.3 is 5.32 Å². The minimum Gasteiger partial charge on any atom is -0.357 e. The van der Waals surface area contributed by atoms with E-state index in [-0.39, 0.29) is 11.5 Å². The fourth-order valence-electron chi connectivity index (χ4n) is 1.77. The molecule has 0 saturated heterocycles. The summed E-state index contributed by atoms with van der Waals surface area (Å²) in [6.45, 7) is 1.38. The maximum Gasteiger partial charge on any atom is 0.284 e. The number of carbonyl (C=O) groups is 1. The molecule has 1 aromatic heterocycles. The van der Waals surface area contributed by atoms with Crippen molar-refractivity contribution in [1.82, 2.24) is 10.2 Å². The summed E-state index contributed by atoms with van der Waals surface area (Å²) in [6.07, 6.45) is 2.28. The predicted octanol–water partition coefficient (Wildman–Crippen LogP) is 3.37. The summed E-state index contributed by atoms with van der Waals surface area (Å²) in [5, 5.41) is 23.2. The Hall–Kier alpha value is -2.00. The van der Waals surface area contributed by atoms with E-state index in [1.807, 2.05) is 0 Å². The van der Waals surface area contributed by atoms with Crippen LogP contribution >= 0.6 is 23.1 Å². The number of nitro benzene ring substituents is 1. The standard InChI is InChI=1S/C13H12N4O3S2/c1-7(18)8-2-5-11(10(6-8)17(19)20)21-13-16-15-12(22-13)14-9-3-4-9/h2,5-6,9H,3-4H2,1H3,(H,14,15). The number of hydrogen-bond donors (Lipinski definition) is 1. The molecule has 114 valence electrons. The Balaban J connectivity index is 1.82. The average molecular weight is 336 g/mol. The second-order valence-electron chi connectivity index (χ2n) is 4.89. The SMILES string of the molecule is CC(=O)c1ccc(Sc2nnc(NC3CC3)s2)c([N+](=O)[O-])c1. The molecular weight excluding hydrogens is 324 g/mol. The summed E-state index contributed by atoms with van der Waals surface area (Å²) < 4.78 is 0.627. The number of benzene rings is 1. The average Bonchev–Trinajstić information content (AvgIpc) is 3.17. The molecule has 7 nitrogen and oxygen atoms in total. The van der Waals surface area contributed by atoms with Crippen LogP contribution in [0.15, 0.2) is 27.4 Å². The zero-order chi connectivity index (χ0) is 15.7. The first kappa shape index (κ1) is 14.9. The van der Waals surface area contributed by atoms with E-state index in [4.69, 9.17) is 0 Å². The number of nitrogens with zero attached hydrogens (tertiary/aromatic N) is 3. The van der Waals surface area contributed by atoms with Gasteiger partial charge >= 0.3 is 0 Å². The molecule has 1 heterocycles. The van der Waals surface area contributed by atoms with Gasteiger partial charge in [-0.1, -0.05) is 11.3 Å². The number of anilines is 1. The number of ketones is 1. The van der Waals surface area contributed by atoms with E-state index in [1.54, 1.807) is 12.1 Å². The van der Waals surface area contributed by atoms with Crippen molar-refractivity contribution in [2.24, 2.45) is 0 Å². The maximum absolute atomic E-state index is 11.3. The molecule has 0 unspecified atom stereocenters. The molecule has 1 saturated carbocycles. The molecule has 0 radical (unpaired) electrons. The number of rotatable bonds is 6. The molecule has 22 heavy (non-hydrogen) atoms. The number of aromatic nitrogens is 2. The van der Waals surface area contributed by atoms with Crippen LogP contribution in [0.1, 0.15) is 30.1 Å². The summed E-state index contributed by atoms with van der Waals surface area (Å²) in [5.74, 6) is -0.202. The van der Waals surface area contributed by atoms with Gasteiger partial charge in [0.1, 0.15) is 0 Å². The van der Waals surface area contributed by atoms with Crippen LogP contribution in [0.25, 0.3) is 0 Å². The van der Waals surface area contributed by atoms with Gasteiger partial charge in [0, 0.05) is 17.7 Å². The fraction of sp³-hybridized carbons (Fsp3) is 0.308. The minimum absolute atomic E-state index is 0.0930. The van der Waals surface area contributed by atoms with Crippen molar-refractivity contribution in [3.8, 4) is 0 Å². The van der Waals surface area contributed by atoms with Gasteiger partial charge in [0.25, 0.3) is 5.69 Å². The van der Waals surface area contributed by atoms with Crippen LogP contribution in [-0.2, 0) is 0 Å². The third-order valence-electron chi connectivity index (χ3n) is 3.07. The van der Waals surface area contributed by atoms with Crippen LogP contribution in [0.3, 0.4) is 0 Å². The molecule has 0 bridgehead atoms. The Kier molecular flexibility index (Phi) is 4.08. The summed E-state index contributed by atoms with van der Waals surface area (Å²) >= 11 is 2.55. The Morgan fingerprint density at radius 2 is 2.23 bits per heavy atom. The minimum atomic E-state index is -0.487. The van der Waals surface area contributed by atoms with E-state index < -0.39 is 4.92 Å². The predicted molar refractivity (Wildman–Crippen MR) is 83.8 cm³/mol. The van der Waals surface area contributed by atoms with E-state index in [0.29, 0.717) is 20.8 Å². The molecule has 1 aliphatic carbocycles. The number of carbonyl (C=O) groups excluding carboxylic acids is 1. The molecule has 2 aromatic rings. The first-order chi connectivity index (χ1) is 10.5. The molecule has 9 heteroatoms. The molecule has 1 aliphatic rings. The summed E-state index contributed by atoms with van der Waals surface area (Å²) in [7, 11) is 0. The van der Waals surface area contributed by atoms with E-state index in [1.165, 1.54) is 36.1 Å². The smallest absolute Gasteiger partial charge is 0.284 e. The molecule has 0 atom stereocenters. The van der Waals surface area contributed by atoms with Gasteiger partial charge in [-0.2, -0.15) is 0 Å². The van der Waals surface area contributed by atoms with Gasteiger partial charge in [-0.3, -0.25) is 14.9 Å². The Morgan fingerprint density at radius 1 is 1.45 bits per heavy atom. The normalized spacial score (nSPS) is 13.9. The number of Topliss-reactive ketones (excluding diaryl/α,β-unsaturated/α-hetero) is 1. The molecule has 1 aromatic carbocycles. The fourth-order valence-corrected chi connectivity index (χ4v) is 3.64. The number of hydrogen-bond acceptors (Lipinski definition) is 8. The van der Waals surface area contributed by atoms with E-state index in [9.17, 15) is 14.9 Å². The van der Waals surface area contributed by atoms with Gasteiger partial charge in [0.2, 0.25) is 5.13 Å². The highest BCUT2D eigenvalue weighted by Crippen LogP contribution is 2.38. The maximum atomic E-state index is 11.3. The van der Waals surface area contributed by atoms with Crippen molar-refractivity contribution >= 4 is 39.7 Å². The van der Waals surface area contributed by atoms with Crippen molar-refractivity contribution in [3.63, 3.8) is 0 Å². The second-order valence-corrected chi connectivity index (χ2v) is 7.16. The summed E-state index contributed by atoms with van der Waals surface area (Å²) in [5.41, 5.74) is 0.231. The molecular formula is C13H12N4O3S2. The van der Waals surface area contributed by atoms with Gasteiger partial charge in [-0.05, 0) is 43.7 Å².